The Hall–Kier alpha value is -2.29. The number of carbonyl (C=O) groups excluding carboxylic acids is 1. The lowest BCUT2D eigenvalue weighted by atomic mass is 9.95. The monoisotopic (exact) mass is 253 g/mol. The molecule has 2 aromatic carbocycles. The van der Waals surface area contributed by atoms with Crippen LogP contribution in [0.15, 0.2) is 48.5 Å². The van der Waals surface area contributed by atoms with Gasteiger partial charge in [-0.25, -0.2) is 0 Å². The third kappa shape index (κ3) is 2.08. The molecule has 1 heterocycles. The van der Waals surface area contributed by atoms with Crippen LogP contribution in [-0.2, 0) is 11.2 Å². The minimum absolute atomic E-state index is 0.139. The molecule has 0 saturated carbocycles. The van der Waals surface area contributed by atoms with E-state index >= 15 is 0 Å². The summed E-state index contributed by atoms with van der Waals surface area (Å²) in [5.74, 6) is 0.274. The van der Waals surface area contributed by atoms with Crippen LogP contribution < -0.4 is 4.90 Å². The summed E-state index contributed by atoms with van der Waals surface area (Å²) in [6.07, 6.45) is 2.59. The summed E-state index contributed by atoms with van der Waals surface area (Å²) in [5.41, 5.74) is 3.10. The van der Waals surface area contributed by atoms with E-state index in [-0.39, 0.29) is 11.8 Å². The van der Waals surface area contributed by atoms with Gasteiger partial charge in [-0.05, 0) is 48.7 Å². The third-order valence-electron chi connectivity index (χ3n) is 3.56. The maximum absolute atomic E-state index is 11.3. The second-order valence-corrected chi connectivity index (χ2v) is 4.76. The molecular formula is C16H15NO2. The Morgan fingerprint density at radius 1 is 1.16 bits per heavy atom. The Balaban J connectivity index is 2.12. The van der Waals surface area contributed by atoms with Crippen LogP contribution in [0.4, 0.5) is 11.4 Å². The van der Waals surface area contributed by atoms with E-state index in [4.69, 9.17) is 0 Å². The lowest BCUT2D eigenvalue weighted by Gasteiger charge is -2.36. The fourth-order valence-corrected chi connectivity index (χ4v) is 2.67. The Labute approximate surface area is 112 Å². The summed E-state index contributed by atoms with van der Waals surface area (Å²) in [7, 11) is 0. The number of nitrogens with zero attached hydrogens (tertiary/aromatic N) is 1. The fourth-order valence-electron chi connectivity index (χ4n) is 2.67. The second kappa shape index (κ2) is 4.76. The van der Waals surface area contributed by atoms with Gasteiger partial charge in [-0.15, -0.1) is 0 Å². The van der Waals surface area contributed by atoms with Crippen molar-refractivity contribution in [2.45, 2.75) is 18.9 Å². The van der Waals surface area contributed by atoms with Crippen molar-refractivity contribution in [2.75, 3.05) is 4.90 Å². The van der Waals surface area contributed by atoms with Gasteiger partial charge in [-0.2, -0.15) is 0 Å². The zero-order chi connectivity index (χ0) is 13.2. The van der Waals surface area contributed by atoms with Crippen molar-refractivity contribution in [2.24, 2.45) is 0 Å². The van der Waals surface area contributed by atoms with Crippen molar-refractivity contribution in [1.29, 1.82) is 0 Å². The van der Waals surface area contributed by atoms with Gasteiger partial charge in [0.25, 0.3) is 0 Å². The molecule has 1 unspecified atom stereocenters. The highest BCUT2D eigenvalue weighted by Crippen LogP contribution is 2.37. The molecule has 1 aliphatic rings. The molecule has 3 heteroatoms. The molecular weight excluding hydrogens is 238 g/mol. The number of carbonyl (C=O) groups is 1. The summed E-state index contributed by atoms with van der Waals surface area (Å²) in [4.78, 5) is 13.4. The van der Waals surface area contributed by atoms with Crippen LogP contribution in [-0.4, -0.2) is 17.4 Å². The van der Waals surface area contributed by atoms with Gasteiger partial charge in [0.1, 0.15) is 12.0 Å². The summed E-state index contributed by atoms with van der Waals surface area (Å²) in [6, 6.07) is 15.1. The van der Waals surface area contributed by atoms with Gasteiger partial charge in [-0.1, -0.05) is 18.2 Å². The molecule has 0 radical (unpaired) electrons. The highest BCUT2D eigenvalue weighted by atomic mass is 16.3. The molecule has 1 N–H and O–H groups in total. The van der Waals surface area contributed by atoms with Crippen LogP contribution in [0.25, 0.3) is 0 Å². The topological polar surface area (TPSA) is 40.5 Å². The second-order valence-electron chi connectivity index (χ2n) is 4.76. The number of aryl methyl sites for hydroxylation is 1. The van der Waals surface area contributed by atoms with E-state index in [2.05, 4.69) is 0 Å². The van der Waals surface area contributed by atoms with E-state index in [1.54, 1.807) is 12.1 Å². The lowest BCUT2D eigenvalue weighted by Crippen LogP contribution is -2.36. The molecule has 3 nitrogen and oxygen atoms in total. The molecule has 0 spiro atoms. The Kier molecular flexibility index (Phi) is 2.95. The fraction of sp³-hybridized carbons (Fsp3) is 0.188. The Morgan fingerprint density at radius 3 is 2.68 bits per heavy atom. The SMILES string of the molecule is O=CC1CCc2cc(O)ccc2N1c1ccccc1. The number of rotatable bonds is 2. The normalized spacial score (nSPS) is 17.9. The molecule has 1 atom stereocenters. The first kappa shape index (κ1) is 11.8. The highest BCUT2D eigenvalue weighted by molar-refractivity contribution is 5.78. The molecule has 0 aliphatic carbocycles. The van der Waals surface area contributed by atoms with Crippen molar-refractivity contribution >= 4 is 17.7 Å². The largest absolute Gasteiger partial charge is 0.508 e. The predicted octanol–water partition coefficient (Wildman–Crippen LogP) is 3.04. The van der Waals surface area contributed by atoms with E-state index in [1.165, 1.54) is 0 Å². The van der Waals surface area contributed by atoms with Crippen LogP contribution in [0, 0.1) is 0 Å². The predicted molar refractivity (Wildman–Crippen MR) is 74.9 cm³/mol. The lowest BCUT2D eigenvalue weighted by molar-refractivity contribution is -0.109. The van der Waals surface area contributed by atoms with E-state index in [0.717, 1.165) is 36.1 Å². The van der Waals surface area contributed by atoms with Crippen molar-refractivity contribution in [3.8, 4) is 5.75 Å². The quantitative estimate of drug-likeness (QED) is 0.836. The van der Waals surface area contributed by atoms with Crippen molar-refractivity contribution in [3.63, 3.8) is 0 Å². The van der Waals surface area contributed by atoms with Crippen LogP contribution >= 0.6 is 0 Å². The number of para-hydroxylation sites is 1. The minimum Gasteiger partial charge on any atom is -0.508 e. The molecule has 0 saturated heterocycles. The first-order valence-electron chi connectivity index (χ1n) is 6.41. The highest BCUT2D eigenvalue weighted by Gasteiger charge is 2.27. The maximum atomic E-state index is 11.3. The summed E-state index contributed by atoms with van der Waals surface area (Å²) in [6.45, 7) is 0. The van der Waals surface area contributed by atoms with E-state index in [1.807, 2.05) is 41.3 Å². The van der Waals surface area contributed by atoms with Crippen LogP contribution in [0.1, 0.15) is 12.0 Å². The molecule has 0 aromatic heterocycles. The molecule has 96 valence electrons. The third-order valence-corrected chi connectivity index (χ3v) is 3.56. The molecule has 3 rings (SSSR count). The van der Waals surface area contributed by atoms with Crippen LogP contribution in [0.5, 0.6) is 5.75 Å². The Bertz CT molecular complexity index is 595. The molecule has 1 aliphatic heterocycles. The van der Waals surface area contributed by atoms with E-state index in [0.29, 0.717) is 0 Å². The molecule has 2 aromatic rings. The number of benzene rings is 2. The van der Waals surface area contributed by atoms with Gasteiger partial charge >= 0.3 is 0 Å². The minimum atomic E-state index is -0.139. The van der Waals surface area contributed by atoms with Gasteiger partial charge in [0.2, 0.25) is 0 Å². The van der Waals surface area contributed by atoms with Gasteiger partial charge < -0.3 is 14.8 Å². The number of aldehydes is 1. The van der Waals surface area contributed by atoms with Gasteiger partial charge in [-0.3, -0.25) is 0 Å². The number of aromatic hydroxyl groups is 1. The Morgan fingerprint density at radius 2 is 1.95 bits per heavy atom. The number of phenols is 1. The van der Waals surface area contributed by atoms with E-state index < -0.39 is 0 Å². The average molecular weight is 253 g/mol. The van der Waals surface area contributed by atoms with Gasteiger partial charge in [0, 0.05) is 11.4 Å². The first-order chi connectivity index (χ1) is 9.29. The number of fused-ring (bicyclic) bond motifs is 1. The van der Waals surface area contributed by atoms with Gasteiger partial charge in [0.15, 0.2) is 0 Å². The zero-order valence-corrected chi connectivity index (χ0v) is 10.5. The summed E-state index contributed by atoms with van der Waals surface area (Å²) in [5, 5.41) is 9.58. The van der Waals surface area contributed by atoms with Crippen molar-refractivity contribution in [1.82, 2.24) is 0 Å². The van der Waals surface area contributed by atoms with Crippen molar-refractivity contribution < 1.29 is 9.90 Å². The standard InChI is InChI=1S/C16H15NO2/c18-11-14-7-6-12-10-15(19)8-9-16(12)17(14)13-4-2-1-3-5-13/h1-5,8-11,14,19H,6-7H2. The summed E-state index contributed by atoms with van der Waals surface area (Å²) < 4.78 is 0. The molecule has 0 bridgehead atoms. The molecule has 19 heavy (non-hydrogen) atoms. The average Bonchev–Trinajstić information content (AvgIpc) is 2.46. The zero-order valence-electron chi connectivity index (χ0n) is 10.5. The van der Waals surface area contributed by atoms with E-state index in [9.17, 15) is 9.90 Å². The van der Waals surface area contributed by atoms with Crippen LogP contribution in [0.2, 0.25) is 0 Å². The first-order valence-corrected chi connectivity index (χ1v) is 6.41. The molecule has 0 amide bonds. The molecule has 0 fully saturated rings. The summed E-state index contributed by atoms with van der Waals surface area (Å²) >= 11 is 0. The van der Waals surface area contributed by atoms with Gasteiger partial charge in [0.05, 0.1) is 6.04 Å². The number of hydrogen-bond donors (Lipinski definition) is 1. The number of anilines is 2. The number of phenolic OH excluding ortho intramolecular Hbond substituents is 1. The smallest absolute Gasteiger partial charge is 0.142 e. The number of hydrogen-bond acceptors (Lipinski definition) is 3. The van der Waals surface area contributed by atoms with Crippen molar-refractivity contribution in [3.05, 3.63) is 54.1 Å². The van der Waals surface area contributed by atoms with Crippen LogP contribution in [0.3, 0.4) is 0 Å². The maximum Gasteiger partial charge on any atom is 0.142 e.